The fourth-order valence-electron chi connectivity index (χ4n) is 2.03. The molecule has 0 saturated carbocycles. The first-order valence-corrected chi connectivity index (χ1v) is 4.69. The zero-order valence-electron chi connectivity index (χ0n) is 8.30. The smallest absolute Gasteiger partial charge is 0.135 e. The van der Waals surface area contributed by atoms with Gasteiger partial charge in [-0.15, -0.1) is 0 Å². The van der Waals surface area contributed by atoms with Gasteiger partial charge in [-0.25, -0.2) is 4.90 Å². The van der Waals surface area contributed by atoms with Crippen LogP contribution in [0.15, 0.2) is 0 Å². The number of hydrogen-bond donors (Lipinski definition) is 0. The van der Waals surface area contributed by atoms with Gasteiger partial charge in [-0.3, -0.25) is 0 Å². The lowest BCUT2D eigenvalue weighted by molar-refractivity contribution is -0.900. The molecule has 0 N–H and O–H groups in total. The monoisotopic (exact) mass is 157 g/mol. The molecule has 0 aliphatic carbocycles. The van der Waals surface area contributed by atoms with Crippen molar-refractivity contribution >= 4 is 0 Å². The van der Waals surface area contributed by atoms with E-state index in [0.717, 1.165) is 6.04 Å². The van der Waals surface area contributed by atoms with Crippen molar-refractivity contribution in [2.45, 2.75) is 26.8 Å². The third-order valence-electron chi connectivity index (χ3n) is 3.02. The molecule has 0 spiro atoms. The molecular weight excluding hydrogens is 136 g/mol. The van der Waals surface area contributed by atoms with Crippen molar-refractivity contribution in [1.82, 2.24) is 4.90 Å². The van der Waals surface area contributed by atoms with Gasteiger partial charge in [0.2, 0.25) is 0 Å². The van der Waals surface area contributed by atoms with Crippen molar-refractivity contribution in [3.8, 4) is 0 Å². The molecule has 2 atom stereocenters. The van der Waals surface area contributed by atoms with Crippen molar-refractivity contribution in [3.63, 3.8) is 0 Å². The molecule has 2 heteroatoms. The molecule has 1 fully saturated rings. The van der Waals surface area contributed by atoms with E-state index in [-0.39, 0.29) is 0 Å². The second-order valence-corrected chi connectivity index (χ2v) is 4.01. The van der Waals surface area contributed by atoms with Gasteiger partial charge < -0.3 is 4.48 Å². The van der Waals surface area contributed by atoms with Crippen molar-refractivity contribution in [2.24, 2.45) is 0 Å². The topological polar surface area (TPSA) is 3.24 Å². The second-order valence-electron chi connectivity index (χ2n) is 4.01. The molecule has 11 heavy (non-hydrogen) atoms. The molecule has 1 saturated heterocycles. The van der Waals surface area contributed by atoms with E-state index >= 15 is 0 Å². The van der Waals surface area contributed by atoms with Crippen LogP contribution in [0.25, 0.3) is 0 Å². The van der Waals surface area contributed by atoms with E-state index in [4.69, 9.17) is 0 Å². The maximum Gasteiger partial charge on any atom is 0.135 e. The largest absolute Gasteiger partial charge is 0.312 e. The second kappa shape index (κ2) is 3.11. The molecule has 2 nitrogen and oxygen atoms in total. The van der Waals surface area contributed by atoms with Gasteiger partial charge in [0.25, 0.3) is 0 Å². The van der Waals surface area contributed by atoms with E-state index in [9.17, 15) is 0 Å². The minimum Gasteiger partial charge on any atom is -0.312 e. The third kappa shape index (κ3) is 1.74. The zero-order chi connectivity index (χ0) is 8.48. The summed E-state index contributed by atoms with van der Waals surface area (Å²) in [4.78, 5) is 2.56. The molecular formula is C9H21N2+. The molecule has 0 aromatic rings. The summed E-state index contributed by atoms with van der Waals surface area (Å²) in [5.41, 5.74) is 0. The Kier molecular flexibility index (Phi) is 2.55. The first-order valence-electron chi connectivity index (χ1n) is 4.69. The maximum absolute atomic E-state index is 2.56. The lowest BCUT2D eigenvalue weighted by atomic mass is 10.3. The molecule has 1 heterocycles. The average molecular weight is 157 g/mol. The Morgan fingerprint density at radius 2 is 2.09 bits per heavy atom. The lowest BCUT2D eigenvalue weighted by Gasteiger charge is -2.27. The van der Waals surface area contributed by atoms with Crippen LogP contribution in [0.5, 0.6) is 0 Å². The summed E-state index contributed by atoms with van der Waals surface area (Å²) >= 11 is 0. The van der Waals surface area contributed by atoms with Gasteiger partial charge in [-0.1, -0.05) is 6.92 Å². The van der Waals surface area contributed by atoms with Crippen molar-refractivity contribution in [3.05, 3.63) is 0 Å². The summed E-state index contributed by atoms with van der Waals surface area (Å²) in [6.07, 6.45) is 0. The van der Waals surface area contributed by atoms with Crippen LogP contribution in [-0.4, -0.2) is 48.8 Å². The number of hydrogen-bond acceptors (Lipinski definition) is 1. The van der Waals surface area contributed by atoms with Crippen LogP contribution in [0.4, 0.5) is 0 Å². The summed E-state index contributed by atoms with van der Waals surface area (Å²) < 4.78 is 1.23. The highest BCUT2D eigenvalue weighted by Gasteiger charge is 2.35. The molecule has 66 valence electrons. The Morgan fingerprint density at radius 1 is 1.45 bits per heavy atom. The summed E-state index contributed by atoms with van der Waals surface area (Å²) in [6.45, 7) is 11.9. The summed E-state index contributed by atoms with van der Waals surface area (Å²) in [5, 5.41) is 0. The van der Waals surface area contributed by atoms with E-state index in [2.05, 4.69) is 32.7 Å². The molecule has 0 bridgehead atoms. The van der Waals surface area contributed by atoms with Crippen LogP contribution in [0.1, 0.15) is 20.8 Å². The SMILES string of the molecule is CCN1C[N@+](C)(CC)CC1C. The molecule has 1 aliphatic rings. The Bertz CT molecular complexity index is 136. The van der Waals surface area contributed by atoms with Gasteiger partial charge in [-0.2, -0.15) is 0 Å². The molecule has 0 amide bonds. The van der Waals surface area contributed by atoms with Crippen LogP contribution in [0, 0.1) is 0 Å². The Morgan fingerprint density at radius 3 is 2.36 bits per heavy atom. The van der Waals surface area contributed by atoms with Crippen LogP contribution < -0.4 is 0 Å². The Hall–Kier alpha value is -0.0800. The van der Waals surface area contributed by atoms with E-state index < -0.39 is 0 Å². The van der Waals surface area contributed by atoms with Crippen LogP contribution >= 0.6 is 0 Å². The van der Waals surface area contributed by atoms with E-state index in [1.54, 1.807) is 0 Å². The average Bonchev–Trinajstić information content (AvgIpc) is 2.27. The van der Waals surface area contributed by atoms with Gasteiger partial charge in [0.1, 0.15) is 6.67 Å². The Balaban J connectivity index is 2.55. The maximum atomic E-state index is 2.56. The lowest BCUT2D eigenvalue weighted by Crippen LogP contribution is -2.42. The molecule has 0 aromatic carbocycles. The van der Waals surface area contributed by atoms with E-state index in [0.29, 0.717) is 0 Å². The highest BCUT2D eigenvalue weighted by Crippen LogP contribution is 2.18. The van der Waals surface area contributed by atoms with Crippen molar-refractivity contribution < 1.29 is 4.48 Å². The van der Waals surface area contributed by atoms with Gasteiger partial charge >= 0.3 is 0 Å². The van der Waals surface area contributed by atoms with E-state index in [1.807, 2.05) is 0 Å². The standard InChI is InChI=1S/C9H21N2/c1-5-10-8-11(4,6-2)7-9(10)3/h9H,5-8H2,1-4H3/q+1/t9?,11-/m1/s1. The predicted molar refractivity (Wildman–Crippen MR) is 48.3 cm³/mol. The number of nitrogens with zero attached hydrogens (tertiary/aromatic N) is 2. The first kappa shape index (κ1) is 9.01. The number of quaternary nitrogens is 1. The predicted octanol–water partition coefficient (Wildman–Crippen LogP) is 1.13. The summed E-state index contributed by atoms with van der Waals surface area (Å²) in [6, 6.07) is 0.782. The highest BCUT2D eigenvalue weighted by molar-refractivity contribution is 4.68. The fraction of sp³-hybridized carbons (Fsp3) is 1.00. The van der Waals surface area contributed by atoms with Gasteiger partial charge in [0.05, 0.1) is 26.2 Å². The van der Waals surface area contributed by atoms with Crippen LogP contribution in [-0.2, 0) is 0 Å². The van der Waals surface area contributed by atoms with Crippen molar-refractivity contribution in [1.29, 1.82) is 0 Å². The molecule has 0 radical (unpaired) electrons. The van der Waals surface area contributed by atoms with E-state index in [1.165, 1.54) is 30.8 Å². The summed E-state index contributed by atoms with van der Waals surface area (Å²) in [5.74, 6) is 0. The van der Waals surface area contributed by atoms with Crippen molar-refractivity contribution in [2.75, 3.05) is 33.4 Å². The van der Waals surface area contributed by atoms with Gasteiger partial charge in [-0.05, 0) is 13.8 Å². The third-order valence-corrected chi connectivity index (χ3v) is 3.02. The normalized spacial score (nSPS) is 39.8. The van der Waals surface area contributed by atoms with Crippen LogP contribution in [0.2, 0.25) is 0 Å². The van der Waals surface area contributed by atoms with Gasteiger partial charge in [0, 0.05) is 6.54 Å². The van der Waals surface area contributed by atoms with Gasteiger partial charge in [0.15, 0.2) is 0 Å². The molecule has 0 aromatic heterocycles. The van der Waals surface area contributed by atoms with Crippen LogP contribution in [0.3, 0.4) is 0 Å². The number of rotatable bonds is 2. The minimum atomic E-state index is 0.782. The zero-order valence-corrected chi connectivity index (χ0v) is 8.30. The first-order chi connectivity index (χ1) is 5.11. The highest BCUT2D eigenvalue weighted by atomic mass is 15.5. The molecule has 1 rings (SSSR count). The molecule has 1 aliphatic heterocycles. The fourth-order valence-corrected chi connectivity index (χ4v) is 2.03. The number of likely N-dealkylation sites (N-methyl/N-ethyl adjacent to an activating group) is 2. The summed E-state index contributed by atoms with van der Waals surface area (Å²) in [7, 11) is 2.35. The minimum absolute atomic E-state index is 0.782. The Labute approximate surface area is 70.4 Å². The quantitative estimate of drug-likeness (QED) is 0.543. The molecule has 1 unspecified atom stereocenters.